The quantitative estimate of drug-likeness (QED) is 0.522. The van der Waals surface area contributed by atoms with Crippen molar-refractivity contribution in [1.82, 2.24) is 0 Å². The van der Waals surface area contributed by atoms with E-state index in [0.29, 0.717) is 17.7 Å². The Balaban J connectivity index is 1.94. The minimum atomic E-state index is -1.33. The van der Waals surface area contributed by atoms with Gasteiger partial charge in [0.05, 0.1) is 12.2 Å². The van der Waals surface area contributed by atoms with Crippen LogP contribution in [0.2, 0.25) is 0 Å². The van der Waals surface area contributed by atoms with Gasteiger partial charge in [0.25, 0.3) is 0 Å². The van der Waals surface area contributed by atoms with Crippen LogP contribution in [0.25, 0.3) is 11.1 Å². The number of carboxylic acids is 1. The second kappa shape index (κ2) is 9.90. The van der Waals surface area contributed by atoms with Gasteiger partial charge in [0, 0.05) is 0 Å². The van der Waals surface area contributed by atoms with Crippen LogP contribution in [0.5, 0.6) is 5.75 Å². The Morgan fingerprint density at radius 2 is 1.54 bits per heavy atom. The fourth-order valence-corrected chi connectivity index (χ4v) is 2.73. The van der Waals surface area contributed by atoms with Gasteiger partial charge in [-0.2, -0.15) is 0 Å². The molecule has 2 rings (SSSR count). The highest BCUT2D eigenvalue weighted by molar-refractivity contribution is 5.88. The molecule has 0 unspecified atom stereocenters. The molecule has 0 saturated carbocycles. The van der Waals surface area contributed by atoms with Crippen molar-refractivity contribution in [2.45, 2.75) is 45.4 Å². The van der Waals surface area contributed by atoms with E-state index in [1.165, 1.54) is 43.5 Å². The summed E-state index contributed by atoms with van der Waals surface area (Å²) in [5.41, 5.74) is 0.465. The first-order valence-corrected chi connectivity index (χ1v) is 8.98. The predicted octanol–water partition coefficient (Wildman–Crippen LogP) is 6.07. The number of hydrogen-bond acceptors (Lipinski definition) is 2. The fourth-order valence-electron chi connectivity index (χ4n) is 2.73. The molecule has 0 fully saturated rings. The highest BCUT2D eigenvalue weighted by Crippen LogP contribution is 2.27. The number of aromatic carboxylic acids is 1. The lowest BCUT2D eigenvalue weighted by atomic mass is 10.0. The molecule has 1 N–H and O–H groups in total. The van der Waals surface area contributed by atoms with Gasteiger partial charge in [0.2, 0.25) is 0 Å². The largest absolute Gasteiger partial charge is 0.491 e. The first-order valence-electron chi connectivity index (χ1n) is 8.98. The van der Waals surface area contributed by atoms with E-state index >= 15 is 0 Å². The maximum atomic E-state index is 14.2. The SMILES string of the molecule is CCCCCCCCOc1ccc(-c2ccc(C(=O)O)c(F)c2)cc1F. The Morgan fingerprint density at radius 1 is 0.923 bits per heavy atom. The van der Waals surface area contributed by atoms with Crippen molar-refractivity contribution in [3.8, 4) is 16.9 Å². The Kier molecular flexibility index (Phi) is 7.57. The Bertz CT molecular complexity index is 744. The van der Waals surface area contributed by atoms with Gasteiger partial charge < -0.3 is 9.84 Å². The minimum Gasteiger partial charge on any atom is -0.491 e. The van der Waals surface area contributed by atoms with E-state index in [4.69, 9.17) is 9.84 Å². The average molecular weight is 362 g/mol. The van der Waals surface area contributed by atoms with Crippen LogP contribution in [0.1, 0.15) is 55.8 Å². The molecule has 0 amide bonds. The average Bonchev–Trinajstić information content (AvgIpc) is 2.61. The van der Waals surface area contributed by atoms with Gasteiger partial charge in [-0.3, -0.25) is 0 Å². The summed E-state index contributed by atoms with van der Waals surface area (Å²) in [6, 6.07) is 8.15. The Morgan fingerprint density at radius 3 is 2.15 bits per heavy atom. The van der Waals surface area contributed by atoms with Gasteiger partial charge in [0.15, 0.2) is 11.6 Å². The lowest BCUT2D eigenvalue weighted by molar-refractivity contribution is 0.0692. The summed E-state index contributed by atoms with van der Waals surface area (Å²) in [6.07, 6.45) is 6.77. The molecule has 0 saturated heterocycles. The molecule has 5 heteroatoms. The molecule has 0 heterocycles. The first-order chi connectivity index (χ1) is 12.5. The molecule has 3 nitrogen and oxygen atoms in total. The summed E-state index contributed by atoms with van der Waals surface area (Å²) in [7, 11) is 0. The summed E-state index contributed by atoms with van der Waals surface area (Å²) in [5.74, 6) is -2.53. The van der Waals surface area contributed by atoms with Crippen LogP contribution in [0.3, 0.4) is 0 Å². The van der Waals surface area contributed by atoms with Crippen molar-refractivity contribution in [3.63, 3.8) is 0 Å². The van der Waals surface area contributed by atoms with Crippen LogP contribution < -0.4 is 4.74 Å². The van der Waals surface area contributed by atoms with Gasteiger partial charge in [0.1, 0.15) is 5.82 Å². The van der Waals surface area contributed by atoms with Gasteiger partial charge in [-0.25, -0.2) is 13.6 Å². The topological polar surface area (TPSA) is 46.5 Å². The third-order valence-corrected chi connectivity index (χ3v) is 4.22. The molecule has 0 spiro atoms. The summed E-state index contributed by atoms with van der Waals surface area (Å²) in [4.78, 5) is 10.9. The van der Waals surface area contributed by atoms with E-state index in [1.807, 2.05) is 0 Å². The van der Waals surface area contributed by atoms with Crippen molar-refractivity contribution in [3.05, 3.63) is 53.6 Å². The summed E-state index contributed by atoms with van der Waals surface area (Å²) < 4.78 is 33.5. The lowest BCUT2D eigenvalue weighted by Crippen LogP contribution is -2.01. The molecule has 2 aromatic carbocycles. The summed E-state index contributed by atoms with van der Waals surface area (Å²) >= 11 is 0. The molecule has 0 bridgehead atoms. The van der Waals surface area contributed by atoms with Crippen molar-refractivity contribution in [2.24, 2.45) is 0 Å². The van der Waals surface area contributed by atoms with Gasteiger partial charge in [-0.1, -0.05) is 51.2 Å². The molecule has 2 aromatic rings. The number of hydrogen-bond donors (Lipinski definition) is 1. The maximum Gasteiger partial charge on any atom is 0.338 e. The second-order valence-corrected chi connectivity index (χ2v) is 6.26. The molecular weight excluding hydrogens is 338 g/mol. The Labute approximate surface area is 152 Å². The number of halogens is 2. The predicted molar refractivity (Wildman–Crippen MR) is 97.6 cm³/mol. The molecule has 140 valence electrons. The van der Waals surface area contributed by atoms with Crippen molar-refractivity contribution in [1.29, 1.82) is 0 Å². The van der Waals surface area contributed by atoms with E-state index in [2.05, 4.69) is 6.92 Å². The summed E-state index contributed by atoms with van der Waals surface area (Å²) in [5, 5.41) is 8.85. The monoisotopic (exact) mass is 362 g/mol. The maximum absolute atomic E-state index is 14.2. The van der Waals surface area contributed by atoms with E-state index in [0.717, 1.165) is 25.3 Å². The molecule has 0 aliphatic rings. The number of rotatable bonds is 10. The van der Waals surface area contributed by atoms with Crippen LogP contribution in [0, 0.1) is 11.6 Å². The zero-order valence-corrected chi connectivity index (χ0v) is 14.9. The van der Waals surface area contributed by atoms with E-state index in [9.17, 15) is 13.6 Å². The highest BCUT2D eigenvalue weighted by atomic mass is 19.1. The minimum absolute atomic E-state index is 0.171. The molecule has 0 aliphatic heterocycles. The van der Waals surface area contributed by atoms with Crippen LogP contribution in [0.4, 0.5) is 8.78 Å². The van der Waals surface area contributed by atoms with Crippen molar-refractivity contribution >= 4 is 5.97 Å². The fraction of sp³-hybridized carbons (Fsp3) is 0.381. The number of unbranched alkanes of at least 4 members (excludes halogenated alkanes) is 5. The number of ether oxygens (including phenoxy) is 1. The molecule has 26 heavy (non-hydrogen) atoms. The zero-order chi connectivity index (χ0) is 18.9. The number of carbonyl (C=O) groups is 1. The smallest absolute Gasteiger partial charge is 0.338 e. The normalized spacial score (nSPS) is 10.7. The van der Waals surface area contributed by atoms with Gasteiger partial charge in [-0.05, 0) is 41.8 Å². The molecule has 0 aromatic heterocycles. The van der Waals surface area contributed by atoms with E-state index < -0.39 is 23.2 Å². The Hall–Kier alpha value is -2.43. The molecular formula is C21H24F2O3. The highest BCUT2D eigenvalue weighted by Gasteiger charge is 2.12. The number of benzene rings is 2. The molecule has 0 atom stereocenters. The van der Waals surface area contributed by atoms with Crippen LogP contribution in [0.15, 0.2) is 36.4 Å². The third kappa shape index (κ3) is 5.55. The van der Waals surface area contributed by atoms with Crippen LogP contribution in [-0.4, -0.2) is 17.7 Å². The second-order valence-electron chi connectivity index (χ2n) is 6.26. The molecule has 0 radical (unpaired) electrons. The summed E-state index contributed by atoms with van der Waals surface area (Å²) in [6.45, 7) is 2.63. The van der Waals surface area contributed by atoms with Crippen molar-refractivity contribution in [2.75, 3.05) is 6.61 Å². The zero-order valence-electron chi connectivity index (χ0n) is 14.9. The van der Waals surface area contributed by atoms with Crippen LogP contribution >= 0.6 is 0 Å². The van der Waals surface area contributed by atoms with E-state index in [1.54, 1.807) is 6.07 Å². The molecule has 0 aliphatic carbocycles. The lowest BCUT2D eigenvalue weighted by Gasteiger charge is -2.09. The van der Waals surface area contributed by atoms with Crippen LogP contribution in [-0.2, 0) is 0 Å². The van der Waals surface area contributed by atoms with Gasteiger partial charge in [-0.15, -0.1) is 0 Å². The van der Waals surface area contributed by atoms with E-state index in [-0.39, 0.29) is 5.75 Å². The standard InChI is InChI=1S/C21H24F2O3/c1-2-3-4-5-6-7-12-26-20-11-9-16(14-19(20)23)15-8-10-17(21(24)25)18(22)13-15/h8-11,13-14H,2-7,12H2,1H3,(H,24,25). The third-order valence-electron chi connectivity index (χ3n) is 4.22. The first kappa shape index (κ1) is 19.9. The number of carboxylic acid groups (broad SMARTS) is 1. The van der Waals surface area contributed by atoms with Gasteiger partial charge >= 0.3 is 5.97 Å². The van der Waals surface area contributed by atoms with Crippen molar-refractivity contribution < 1.29 is 23.4 Å².